The third kappa shape index (κ3) is 2.81. The molecule has 0 unspecified atom stereocenters. The van der Waals surface area contributed by atoms with Gasteiger partial charge in [-0.15, -0.1) is 0 Å². The van der Waals surface area contributed by atoms with Gasteiger partial charge in [-0.05, 0) is 41.6 Å². The van der Waals surface area contributed by atoms with Crippen molar-refractivity contribution in [3.8, 4) is 0 Å². The molecule has 3 aromatic rings. The molecule has 0 saturated carbocycles. The summed E-state index contributed by atoms with van der Waals surface area (Å²) in [5, 5.41) is 3.38. The molecule has 0 bridgehead atoms. The zero-order valence-electron chi connectivity index (χ0n) is 9.55. The molecule has 0 aliphatic heterocycles. The molecular weight excluding hydrogens is 301 g/mol. The highest BCUT2D eigenvalue weighted by Gasteiger charge is 2.08. The first-order valence-electron chi connectivity index (χ1n) is 5.44. The molecule has 0 aliphatic rings. The molecule has 0 fully saturated rings. The Bertz CT molecular complexity index is 732. The second kappa shape index (κ2) is 5.33. The van der Waals surface area contributed by atoms with E-state index in [0.29, 0.717) is 5.02 Å². The predicted molar refractivity (Wildman–Crippen MR) is 77.9 cm³/mol. The van der Waals surface area contributed by atoms with E-state index in [0.717, 1.165) is 21.0 Å². The third-order valence-electron chi connectivity index (χ3n) is 2.44. The van der Waals surface area contributed by atoms with Gasteiger partial charge in [0.2, 0.25) is 5.28 Å². The van der Waals surface area contributed by atoms with E-state index in [2.05, 4.69) is 15.0 Å². The summed E-state index contributed by atoms with van der Waals surface area (Å²) >= 11 is 13.2. The van der Waals surface area contributed by atoms with Gasteiger partial charge in [-0.1, -0.05) is 29.8 Å². The van der Waals surface area contributed by atoms with Gasteiger partial charge >= 0.3 is 0 Å². The predicted octanol–water partition coefficient (Wildman–Crippen LogP) is 4.48. The number of nitrogens with zero attached hydrogens (tertiary/aromatic N) is 3. The monoisotopic (exact) mass is 307 g/mol. The van der Waals surface area contributed by atoms with Crippen LogP contribution < -0.4 is 0 Å². The Morgan fingerprint density at radius 3 is 2.58 bits per heavy atom. The number of pyridine rings is 1. The first kappa shape index (κ1) is 12.7. The summed E-state index contributed by atoms with van der Waals surface area (Å²) in [5.74, 6) is 0. The average Bonchev–Trinajstić information content (AvgIpc) is 2.41. The number of rotatable bonds is 2. The standard InChI is InChI=1S/C13H7Cl2N3S/c14-8-5-6-11(16-7-8)19-12-9-3-1-2-4-10(9)17-13(15)18-12/h1-7H. The van der Waals surface area contributed by atoms with E-state index in [4.69, 9.17) is 23.2 Å². The highest BCUT2D eigenvalue weighted by atomic mass is 35.5. The van der Waals surface area contributed by atoms with Crippen molar-refractivity contribution in [2.24, 2.45) is 0 Å². The van der Waals surface area contributed by atoms with Gasteiger partial charge < -0.3 is 0 Å². The molecule has 1 aromatic carbocycles. The van der Waals surface area contributed by atoms with Gasteiger partial charge in [0.15, 0.2) is 0 Å². The molecule has 0 atom stereocenters. The van der Waals surface area contributed by atoms with E-state index < -0.39 is 0 Å². The Balaban J connectivity index is 2.07. The minimum Gasteiger partial charge on any atom is -0.248 e. The summed E-state index contributed by atoms with van der Waals surface area (Å²) in [6, 6.07) is 11.4. The van der Waals surface area contributed by atoms with E-state index in [1.54, 1.807) is 12.3 Å². The minimum absolute atomic E-state index is 0.232. The number of hydrogen-bond acceptors (Lipinski definition) is 4. The lowest BCUT2D eigenvalue weighted by Gasteiger charge is -2.05. The lowest BCUT2D eigenvalue weighted by Crippen LogP contribution is -1.89. The molecule has 3 nitrogen and oxygen atoms in total. The van der Waals surface area contributed by atoms with Gasteiger partial charge in [-0.3, -0.25) is 0 Å². The summed E-state index contributed by atoms with van der Waals surface area (Å²) < 4.78 is 0. The van der Waals surface area contributed by atoms with Crippen molar-refractivity contribution < 1.29 is 0 Å². The Morgan fingerprint density at radius 2 is 1.79 bits per heavy atom. The average molecular weight is 308 g/mol. The second-order valence-corrected chi connectivity index (χ2v) is 5.52. The summed E-state index contributed by atoms with van der Waals surface area (Å²) in [6.07, 6.45) is 1.61. The summed E-state index contributed by atoms with van der Waals surface area (Å²) in [5.41, 5.74) is 0.818. The van der Waals surface area contributed by atoms with Crippen LogP contribution in [0, 0.1) is 0 Å². The quantitative estimate of drug-likeness (QED) is 0.517. The van der Waals surface area contributed by atoms with Crippen molar-refractivity contribution in [3.05, 3.63) is 52.9 Å². The number of halogens is 2. The molecule has 94 valence electrons. The molecule has 0 aliphatic carbocycles. The Morgan fingerprint density at radius 1 is 0.947 bits per heavy atom. The number of para-hydroxylation sites is 1. The van der Waals surface area contributed by atoms with Gasteiger partial charge in [0.1, 0.15) is 10.1 Å². The zero-order chi connectivity index (χ0) is 13.2. The molecule has 3 rings (SSSR count). The lowest BCUT2D eigenvalue weighted by atomic mass is 10.2. The van der Waals surface area contributed by atoms with E-state index in [1.165, 1.54) is 11.8 Å². The number of benzene rings is 1. The molecule has 19 heavy (non-hydrogen) atoms. The van der Waals surface area contributed by atoms with Crippen molar-refractivity contribution >= 4 is 45.9 Å². The first-order chi connectivity index (χ1) is 9.22. The fourth-order valence-electron chi connectivity index (χ4n) is 1.62. The van der Waals surface area contributed by atoms with Gasteiger partial charge in [0, 0.05) is 11.6 Å². The van der Waals surface area contributed by atoms with Crippen molar-refractivity contribution in [2.75, 3.05) is 0 Å². The van der Waals surface area contributed by atoms with Gasteiger partial charge in [0.05, 0.1) is 10.5 Å². The van der Waals surface area contributed by atoms with Gasteiger partial charge in [0.25, 0.3) is 0 Å². The molecule has 0 spiro atoms. The Hall–Kier alpha value is -1.36. The molecule has 0 N–H and O–H groups in total. The maximum atomic E-state index is 5.94. The van der Waals surface area contributed by atoms with Crippen LogP contribution in [0.25, 0.3) is 10.9 Å². The van der Waals surface area contributed by atoms with E-state index in [1.807, 2.05) is 30.3 Å². The van der Waals surface area contributed by atoms with Crippen molar-refractivity contribution in [3.63, 3.8) is 0 Å². The van der Waals surface area contributed by atoms with Crippen LogP contribution in [0.4, 0.5) is 0 Å². The normalized spacial score (nSPS) is 10.8. The third-order valence-corrected chi connectivity index (χ3v) is 3.79. The van der Waals surface area contributed by atoms with Crippen molar-refractivity contribution in [2.45, 2.75) is 10.1 Å². The van der Waals surface area contributed by atoms with Crippen LogP contribution in [0.3, 0.4) is 0 Å². The fraction of sp³-hybridized carbons (Fsp3) is 0. The summed E-state index contributed by atoms with van der Waals surface area (Å²) in [6.45, 7) is 0. The summed E-state index contributed by atoms with van der Waals surface area (Å²) in [7, 11) is 0. The Labute approximate surface area is 124 Å². The van der Waals surface area contributed by atoms with E-state index in [9.17, 15) is 0 Å². The molecular formula is C13H7Cl2N3S. The first-order valence-corrected chi connectivity index (χ1v) is 7.01. The van der Waals surface area contributed by atoms with Crippen LogP contribution in [0.1, 0.15) is 0 Å². The van der Waals surface area contributed by atoms with Crippen LogP contribution in [-0.4, -0.2) is 15.0 Å². The zero-order valence-corrected chi connectivity index (χ0v) is 11.9. The van der Waals surface area contributed by atoms with E-state index in [-0.39, 0.29) is 5.28 Å². The van der Waals surface area contributed by atoms with Crippen molar-refractivity contribution in [1.82, 2.24) is 15.0 Å². The summed E-state index contributed by atoms with van der Waals surface area (Å²) in [4.78, 5) is 12.7. The molecule has 6 heteroatoms. The van der Waals surface area contributed by atoms with Gasteiger partial charge in [-0.25, -0.2) is 15.0 Å². The number of fused-ring (bicyclic) bond motifs is 1. The topological polar surface area (TPSA) is 38.7 Å². The molecule has 2 heterocycles. The fourth-order valence-corrected chi connectivity index (χ4v) is 2.81. The van der Waals surface area contributed by atoms with Crippen LogP contribution in [0.5, 0.6) is 0 Å². The second-order valence-electron chi connectivity index (χ2n) is 3.73. The SMILES string of the molecule is Clc1ccc(Sc2nc(Cl)nc3ccccc23)nc1. The van der Waals surface area contributed by atoms with Gasteiger partial charge in [-0.2, -0.15) is 0 Å². The van der Waals surface area contributed by atoms with Crippen LogP contribution in [0.15, 0.2) is 52.6 Å². The molecule has 0 saturated heterocycles. The van der Waals surface area contributed by atoms with Crippen molar-refractivity contribution in [1.29, 1.82) is 0 Å². The highest BCUT2D eigenvalue weighted by molar-refractivity contribution is 7.99. The number of aromatic nitrogens is 3. The van der Waals surface area contributed by atoms with Crippen LogP contribution in [-0.2, 0) is 0 Å². The molecule has 0 amide bonds. The van der Waals surface area contributed by atoms with Crippen LogP contribution >= 0.6 is 35.0 Å². The highest BCUT2D eigenvalue weighted by Crippen LogP contribution is 2.31. The Kier molecular flexibility index (Phi) is 3.55. The van der Waals surface area contributed by atoms with E-state index >= 15 is 0 Å². The number of hydrogen-bond donors (Lipinski definition) is 0. The molecule has 0 radical (unpaired) electrons. The molecule has 2 aromatic heterocycles. The largest absolute Gasteiger partial charge is 0.248 e. The maximum Gasteiger partial charge on any atom is 0.224 e. The maximum absolute atomic E-state index is 5.94. The minimum atomic E-state index is 0.232. The van der Waals surface area contributed by atoms with Crippen LogP contribution in [0.2, 0.25) is 10.3 Å². The smallest absolute Gasteiger partial charge is 0.224 e. The lowest BCUT2D eigenvalue weighted by molar-refractivity contribution is 1.08.